The van der Waals surface area contributed by atoms with Crippen molar-refractivity contribution in [3.63, 3.8) is 0 Å². The zero-order chi connectivity index (χ0) is 16.3. The predicted octanol–water partition coefficient (Wildman–Crippen LogP) is 3.45. The number of nitrogen functional groups attached to an aromatic ring is 1. The topological polar surface area (TPSA) is 87.8 Å². The number of benzene rings is 1. The van der Waals surface area contributed by atoms with E-state index in [4.69, 9.17) is 5.73 Å². The van der Waals surface area contributed by atoms with Crippen molar-refractivity contribution in [2.75, 3.05) is 5.73 Å². The smallest absolute Gasteiger partial charge is 0.222 e. The van der Waals surface area contributed by atoms with Crippen molar-refractivity contribution in [3.8, 4) is 11.3 Å². The van der Waals surface area contributed by atoms with Gasteiger partial charge in [-0.05, 0) is 54.7 Å². The molecule has 0 radical (unpaired) electrons. The first-order valence-electron chi connectivity index (χ1n) is 8.63. The highest BCUT2D eigenvalue weighted by molar-refractivity contribution is 5.93. The van der Waals surface area contributed by atoms with Gasteiger partial charge in [0.2, 0.25) is 5.95 Å². The quantitative estimate of drug-likeness (QED) is 0.687. The molecule has 2 saturated carbocycles. The van der Waals surface area contributed by atoms with Crippen LogP contribution in [-0.2, 0) is 6.61 Å². The van der Waals surface area contributed by atoms with Gasteiger partial charge in [0.25, 0.3) is 0 Å². The third kappa shape index (κ3) is 2.27. The number of anilines is 1. The summed E-state index contributed by atoms with van der Waals surface area (Å²) in [5, 5.41) is 10.9. The molecule has 2 aliphatic rings. The van der Waals surface area contributed by atoms with Crippen LogP contribution in [0.1, 0.15) is 54.3 Å². The van der Waals surface area contributed by atoms with Crippen LogP contribution in [-0.4, -0.2) is 20.1 Å². The third-order valence-electron chi connectivity index (χ3n) is 5.15. The Balaban J connectivity index is 1.70. The van der Waals surface area contributed by atoms with Gasteiger partial charge in [-0.25, -0.2) is 4.98 Å². The number of hydrogen-bond acceptors (Lipinski definition) is 4. The maximum absolute atomic E-state index is 9.87. The average Bonchev–Trinajstić information content (AvgIpc) is 3.50. The van der Waals surface area contributed by atoms with Gasteiger partial charge in [0.15, 0.2) is 0 Å². The molecule has 2 aromatic heterocycles. The maximum atomic E-state index is 9.87. The minimum atomic E-state index is 0.00119. The van der Waals surface area contributed by atoms with E-state index >= 15 is 0 Å². The van der Waals surface area contributed by atoms with Crippen molar-refractivity contribution in [1.82, 2.24) is 15.0 Å². The summed E-state index contributed by atoms with van der Waals surface area (Å²) in [6.07, 6.45) is 4.95. The van der Waals surface area contributed by atoms with E-state index in [2.05, 4.69) is 39.2 Å². The van der Waals surface area contributed by atoms with Gasteiger partial charge in [-0.15, -0.1) is 0 Å². The van der Waals surface area contributed by atoms with Crippen LogP contribution >= 0.6 is 0 Å². The number of aromatic nitrogens is 3. The molecule has 24 heavy (non-hydrogen) atoms. The zero-order valence-corrected chi connectivity index (χ0v) is 13.4. The summed E-state index contributed by atoms with van der Waals surface area (Å²) in [6, 6.07) is 8.50. The Hall–Kier alpha value is -2.40. The monoisotopic (exact) mass is 320 g/mol. The third-order valence-corrected chi connectivity index (χ3v) is 5.15. The summed E-state index contributed by atoms with van der Waals surface area (Å²) >= 11 is 0. The molecule has 1 aromatic carbocycles. The van der Waals surface area contributed by atoms with E-state index in [0.717, 1.165) is 27.9 Å². The molecule has 0 spiro atoms. The highest BCUT2D eigenvalue weighted by Crippen LogP contribution is 2.43. The van der Waals surface area contributed by atoms with Gasteiger partial charge in [0.1, 0.15) is 5.65 Å². The normalized spacial score (nSPS) is 17.5. The van der Waals surface area contributed by atoms with E-state index in [0.29, 0.717) is 11.8 Å². The number of fused-ring (bicyclic) bond motifs is 1. The SMILES string of the molecule is Nc1nc(-c2ccc(C3CC3)cc2CO)c2cc(C3CC3)[nH]c2n1. The van der Waals surface area contributed by atoms with Crippen molar-refractivity contribution >= 4 is 17.0 Å². The molecule has 2 aliphatic carbocycles. The Labute approximate surface area is 139 Å². The predicted molar refractivity (Wildman–Crippen MR) is 93.6 cm³/mol. The van der Waals surface area contributed by atoms with E-state index in [1.807, 2.05) is 0 Å². The van der Waals surface area contributed by atoms with Crippen LogP contribution in [0, 0.1) is 0 Å². The number of nitrogens with one attached hydrogen (secondary N) is 1. The lowest BCUT2D eigenvalue weighted by Crippen LogP contribution is -2.00. The minimum absolute atomic E-state index is 0.00119. The number of rotatable bonds is 4. The lowest BCUT2D eigenvalue weighted by Gasteiger charge is -2.11. The second kappa shape index (κ2) is 5.05. The molecule has 0 saturated heterocycles. The van der Waals surface area contributed by atoms with Crippen LogP contribution in [0.25, 0.3) is 22.3 Å². The first-order chi connectivity index (χ1) is 11.7. The fourth-order valence-corrected chi connectivity index (χ4v) is 3.51. The van der Waals surface area contributed by atoms with Crippen molar-refractivity contribution in [3.05, 3.63) is 41.1 Å². The number of nitrogens with two attached hydrogens (primary N) is 1. The van der Waals surface area contributed by atoms with Crippen LogP contribution in [0.4, 0.5) is 5.95 Å². The number of aliphatic hydroxyl groups is 1. The Bertz CT molecular complexity index is 938. The molecule has 4 N–H and O–H groups in total. The van der Waals surface area contributed by atoms with Gasteiger partial charge in [-0.2, -0.15) is 4.98 Å². The van der Waals surface area contributed by atoms with E-state index in [-0.39, 0.29) is 12.6 Å². The maximum Gasteiger partial charge on any atom is 0.222 e. The van der Waals surface area contributed by atoms with Crippen LogP contribution < -0.4 is 5.73 Å². The summed E-state index contributed by atoms with van der Waals surface area (Å²) in [6.45, 7) is 0.00119. The fraction of sp³-hybridized carbons (Fsp3) is 0.368. The van der Waals surface area contributed by atoms with Gasteiger partial charge in [0.05, 0.1) is 12.3 Å². The van der Waals surface area contributed by atoms with E-state index in [9.17, 15) is 5.11 Å². The van der Waals surface area contributed by atoms with Crippen LogP contribution in [0.15, 0.2) is 24.3 Å². The first-order valence-corrected chi connectivity index (χ1v) is 8.63. The summed E-state index contributed by atoms with van der Waals surface area (Å²) < 4.78 is 0. The lowest BCUT2D eigenvalue weighted by atomic mass is 9.98. The Morgan fingerprint density at radius 3 is 2.58 bits per heavy atom. The Morgan fingerprint density at radius 1 is 1.08 bits per heavy atom. The summed E-state index contributed by atoms with van der Waals surface area (Å²) in [5.41, 5.74) is 11.9. The number of hydrogen-bond donors (Lipinski definition) is 3. The van der Waals surface area contributed by atoms with E-state index in [1.165, 1.54) is 36.9 Å². The summed E-state index contributed by atoms with van der Waals surface area (Å²) in [4.78, 5) is 12.2. The molecule has 122 valence electrons. The average molecular weight is 320 g/mol. The largest absolute Gasteiger partial charge is 0.392 e. The second-order valence-corrected chi connectivity index (χ2v) is 7.04. The molecule has 0 bridgehead atoms. The van der Waals surface area contributed by atoms with Gasteiger partial charge in [0, 0.05) is 16.6 Å². The molecule has 2 heterocycles. The Morgan fingerprint density at radius 2 is 1.88 bits per heavy atom. The van der Waals surface area contributed by atoms with Gasteiger partial charge < -0.3 is 15.8 Å². The van der Waals surface area contributed by atoms with Gasteiger partial charge >= 0.3 is 0 Å². The molecule has 5 rings (SSSR count). The van der Waals surface area contributed by atoms with Crippen LogP contribution in [0.5, 0.6) is 0 Å². The van der Waals surface area contributed by atoms with E-state index in [1.54, 1.807) is 0 Å². The summed E-state index contributed by atoms with van der Waals surface area (Å²) in [5.74, 6) is 1.54. The second-order valence-electron chi connectivity index (χ2n) is 7.04. The number of H-pyrrole nitrogens is 1. The lowest BCUT2D eigenvalue weighted by molar-refractivity contribution is 0.282. The van der Waals surface area contributed by atoms with Gasteiger partial charge in [-0.1, -0.05) is 18.2 Å². The van der Waals surface area contributed by atoms with E-state index < -0.39 is 0 Å². The van der Waals surface area contributed by atoms with Crippen molar-refractivity contribution < 1.29 is 5.11 Å². The highest BCUT2D eigenvalue weighted by Gasteiger charge is 2.27. The van der Waals surface area contributed by atoms with Crippen molar-refractivity contribution in [2.24, 2.45) is 0 Å². The van der Waals surface area contributed by atoms with Crippen LogP contribution in [0.3, 0.4) is 0 Å². The molecule has 2 fully saturated rings. The number of aliphatic hydroxyl groups excluding tert-OH is 1. The fourth-order valence-electron chi connectivity index (χ4n) is 3.51. The van der Waals surface area contributed by atoms with Crippen LogP contribution in [0.2, 0.25) is 0 Å². The zero-order valence-electron chi connectivity index (χ0n) is 13.4. The standard InChI is InChI=1S/C19H20N4O/c20-19-22-17(15-8-16(11-3-4-11)21-18(15)23-19)14-6-5-12(10-1-2-10)7-13(14)9-24/h5-8,10-11,24H,1-4,9H2,(H3,20,21,22,23). The summed E-state index contributed by atoms with van der Waals surface area (Å²) in [7, 11) is 0. The molecule has 3 aromatic rings. The molecule has 5 heteroatoms. The van der Waals surface area contributed by atoms with Gasteiger partial charge in [-0.3, -0.25) is 0 Å². The molecule has 0 aliphatic heterocycles. The molecule has 5 nitrogen and oxygen atoms in total. The molecule has 0 amide bonds. The molecular weight excluding hydrogens is 300 g/mol. The first kappa shape index (κ1) is 14.0. The Kier molecular flexibility index (Phi) is 2.94. The molecule has 0 unspecified atom stereocenters. The number of nitrogens with zero attached hydrogens (tertiary/aromatic N) is 2. The highest BCUT2D eigenvalue weighted by atomic mass is 16.3. The van der Waals surface area contributed by atoms with Crippen molar-refractivity contribution in [2.45, 2.75) is 44.1 Å². The molecule has 0 atom stereocenters. The van der Waals surface area contributed by atoms with Crippen molar-refractivity contribution in [1.29, 1.82) is 0 Å². The minimum Gasteiger partial charge on any atom is -0.392 e. The molecular formula is C19H20N4O. The number of aromatic amines is 1.